The molecule has 15 heavy (non-hydrogen) atoms. The molecule has 0 aliphatic rings. The van der Waals surface area contributed by atoms with Gasteiger partial charge in [-0.05, 0) is 28.4 Å². The van der Waals surface area contributed by atoms with Crippen LogP contribution in [0.2, 0.25) is 0 Å². The molecule has 5 heteroatoms. The molecule has 1 rings (SSSR count). The van der Waals surface area contributed by atoms with Gasteiger partial charge in [-0.25, -0.2) is 0 Å². The number of carbonyl (C=O) groups is 1. The second-order valence-corrected chi connectivity index (χ2v) is 5.02. The highest BCUT2D eigenvalue weighted by Gasteiger charge is 2.04. The lowest BCUT2D eigenvalue weighted by atomic mass is 10.3. The van der Waals surface area contributed by atoms with Gasteiger partial charge in [-0.3, -0.25) is 4.79 Å². The van der Waals surface area contributed by atoms with Crippen LogP contribution in [0.4, 0.5) is 0 Å². The fourth-order valence-corrected chi connectivity index (χ4v) is 2.56. The summed E-state index contributed by atoms with van der Waals surface area (Å²) in [5, 5.41) is 4.83. The molecule has 1 aromatic rings. The van der Waals surface area contributed by atoms with Crippen molar-refractivity contribution in [3.63, 3.8) is 0 Å². The van der Waals surface area contributed by atoms with E-state index < -0.39 is 0 Å². The molecule has 1 amide bonds. The maximum absolute atomic E-state index is 11.4. The molecule has 0 unspecified atom stereocenters. The van der Waals surface area contributed by atoms with E-state index in [-0.39, 0.29) is 5.91 Å². The number of carbonyl (C=O) groups excluding carboxylic acids is 1. The summed E-state index contributed by atoms with van der Waals surface area (Å²) in [5.74, 6) is 0.0699. The predicted molar refractivity (Wildman–Crippen MR) is 65.2 cm³/mol. The fourth-order valence-electron chi connectivity index (χ4n) is 1.11. The Bertz CT molecular complexity index is 314. The summed E-state index contributed by atoms with van der Waals surface area (Å²) in [7, 11) is 1.66. The van der Waals surface area contributed by atoms with E-state index in [0.717, 1.165) is 15.8 Å². The van der Waals surface area contributed by atoms with E-state index in [4.69, 9.17) is 4.74 Å². The van der Waals surface area contributed by atoms with Crippen LogP contribution < -0.4 is 5.32 Å². The van der Waals surface area contributed by atoms with Crippen molar-refractivity contribution >= 4 is 33.2 Å². The topological polar surface area (TPSA) is 38.3 Å². The molecule has 0 aliphatic carbocycles. The minimum atomic E-state index is 0.0699. The Morgan fingerprint density at radius 1 is 1.67 bits per heavy atom. The van der Waals surface area contributed by atoms with Gasteiger partial charge in [0, 0.05) is 35.0 Å². The van der Waals surface area contributed by atoms with E-state index in [1.807, 2.05) is 11.4 Å². The van der Waals surface area contributed by atoms with Gasteiger partial charge >= 0.3 is 0 Å². The highest BCUT2D eigenvalue weighted by atomic mass is 79.9. The second kappa shape index (κ2) is 6.98. The molecular formula is C10H14BrNO2S. The number of nitrogens with one attached hydrogen (secondary N) is 1. The zero-order valence-corrected chi connectivity index (χ0v) is 11.0. The first-order valence-electron chi connectivity index (χ1n) is 4.71. The van der Waals surface area contributed by atoms with Crippen LogP contribution in [0.25, 0.3) is 0 Å². The molecule has 0 radical (unpaired) electrons. The van der Waals surface area contributed by atoms with Crippen molar-refractivity contribution in [1.82, 2.24) is 5.32 Å². The largest absolute Gasteiger partial charge is 0.385 e. The number of rotatable bonds is 6. The van der Waals surface area contributed by atoms with E-state index in [9.17, 15) is 4.79 Å². The molecule has 0 saturated carbocycles. The molecular weight excluding hydrogens is 278 g/mol. The van der Waals surface area contributed by atoms with Gasteiger partial charge in [-0.15, -0.1) is 11.3 Å². The Balaban J connectivity index is 2.18. The number of hydrogen-bond donors (Lipinski definition) is 1. The maximum atomic E-state index is 11.4. The van der Waals surface area contributed by atoms with Crippen LogP contribution in [0.1, 0.15) is 11.3 Å². The van der Waals surface area contributed by atoms with Crippen LogP contribution in [0, 0.1) is 0 Å². The first-order chi connectivity index (χ1) is 7.22. The second-order valence-electron chi connectivity index (χ2n) is 3.10. The highest BCUT2D eigenvalue weighted by molar-refractivity contribution is 9.10. The SMILES string of the molecule is COCCCNC(=O)Cc1cc(Br)cs1. The van der Waals surface area contributed by atoms with Gasteiger partial charge in [0.05, 0.1) is 6.42 Å². The molecule has 0 fully saturated rings. The number of amides is 1. The molecule has 1 N–H and O–H groups in total. The molecule has 0 spiro atoms. The first kappa shape index (κ1) is 12.7. The number of hydrogen-bond acceptors (Lipinski definition) is 3. The van der Waals surface area contributed by atoms with E-state index in [1.54, 1.807) is 18.4 Å². The average Bonchev–Trinajstić information content (AvgIpc) is 2.59. The Labute approximate surface area is 102 Å². The van der Waals surface area contributed by atoms with Gasteiger partial charge in [0.2, 0.25) is 5.91 Å². The van der Waals surface area contributed by atoms with Crippen LogP contribution in [-0.4, -0.2) is 26.2 Å². The summed E-state index contributed by atoms with van der Waals surface area (Å²) in [6, 6.07) is 1.97. The van der Waals surface area contributed by atoms with Gasteiger partial charge in [0.1, 0.15) is 0 Å². The Kier molecular flexibility index (Phi) is 5.90. The van der Waals surface area contributed by atoms with E-state index in [0.29, 0.717) is 19.6 Å². The Hall–Kier alpha value is -0.390. The van der Waals surface area contributed by atoms with Crippen molar-refractivity contribution in [3.05, 3.63) is 20.8 Å². The van der Waals surface area contributed by atoms with Crippen molar-refractivity contribution in [1.29, 1.82) is 0 Å². The minimum Gasteiger partial charge on any atom is -0.385 e. The van der Waals surface area contributed by atoms with Crippen LogP contribution in [0.3, 0.4) is 0 Å². The maximum Gasteiger partial charge on any atom is 0.225 e. The van der Waals surface area contributed by atoms with Crippen molar-refractivity contribution in [3.8, 4) is 0 Å². The number of methoxy groups -OCH3 is 1. The third-order valence-corrected chi connectivity index (χ3v) is 3.50. The zero-order valence-electron chi connectivity index (χ0n) is 8.59. The van der Waals surface area contributed by atoms with Gasteiger partial charge < -0.3 is 10.1 Å². The van der Waals surface area contributed by atoms with E-state index in [1.165, 1.54) is 0 Å². The number of ether oxygens (including phenoxy) is 1. The van der Waals surface area contributed by atoms with Gasteiger partial charge in [-0.1, -0.05) is 0 Å². The van der Waals surface area contributed by atoms with Crippen LogP contribution in [0.5, 0.6) is 0 Å². The van der Waals surface area contributed by atoms with Crippen molar-refractivity contribution in [2.45, 2.75) is 12.8 Å². The van der Waals surface area contributed by atoms with Gasteiger partial charge in [-0.2, -0.15) is 0 Å². The highest BCUT2D eigenvalue weighted by Crippen LogP contribution is 2.19. The molecule has 0 bridgehead atoms. The van der Waals surface area contributed by atoms with Gasteiger partial charge in [0.25, 0.3) is 0 Å². The minimum absolute atomic E-state index is 0.0699. The summed E-state index contributed by atoms with van der Waals surface area (Å²) >= 11 is 4.95. The predicted octanol–water partition coefficient (Wildman–Crippen LogP) is 2.21. The zero-order chi connectivity index (χ0) is 11.1. The summed E-state index contributed by atoms with van der Waals surface area (Å²) in [6.07, 6.45) is 1.32. The van der Waals surface area contributed by atoms with Crippen molar-refractivity contribution in [2.24, 2.45) is 0 Å². The van der Waals surface area contributed by atoms with Crippen molar-refractivity contribution < 1.29 is 9.53 Å². The summed E-state index contributed by atoms with van der Waals surface area (Å²) in [5.41, 5.74) is 0. The van der Waals surface area contributed by atoms with Crippen LogP contribution in [0.15, 0.2) is 15.9 Å². The standard InChI is InChI=1S/C10H14BrNO2S/c1-14-4-2-3-12-10(13)6-9-5-8(11)7-15-9/h5,7H,2-4,6H2,1H3,(H,12,13). The van der Waals surface area contributed by atoms with Crippen LogP contribution in [-0.2, 0) is 16.0 Å². The summed E-state index contributed by atoms with van der Waals surface area (Å²) < 4.78 is 5.93. The third kappa shape index (κ3) is 5.30. The molecule has 3 nitrogen and oxygen atoms in total. The van der Waals surface area contributed by atoms with E-state index >= 15 is 0 Å². The van der Waals surface area contributed by atoms with E-state index in [2.05, 4.69) is 21.2 Å². The number of thiophene rings is 1. The number of halogens is 1. The molecule has 1 aromatic heterocycles. The lowest BCUT2D eigenvalue weighted by Crippen LogP contribution is -2.26. The third-order valence-electron chi connectivity index (χ3n) is 1.80. The monoisotopic (exact) mass is 291 g/mol. The smallest absolute Gasteiger partial charge is 0.225 e. The average molecular weight is 292 g/mol. The normalized spacial score (nSPS) is 10.3. The first-order valence-corrected chi connectivity index (χ1v) is 6.38. The lowest BCUT2D eigenvalue weighted by Gasteiger charge is -2.03. The fraction of sp³-hybridized carbons (Fsp3) is 0.500. The molecule has 0 saturated heterocycles. The van der Waals surface area contributed by atoms with Gasteiger partial charge in [0.15, 0.2) is 0 Å². The Morgan fingerprint density at radius 3 is 3.07 bits per heavy atom. The molecule has 84 valence electrons. The summed E-state index contributed by atoms with van der Waals surface area (Å²) in [4.78, 5) is 12.5. The van der Waals surface area contributed by atoms with Crippen molar-refractivity contribution in [2.75, 3.05) is 20.3 Å². The molecule has 0 atom stereocenters. The Morgan fingerprint density at radius 2 is 2.47 bits per heavy atom. The van der Waals surface area contributed by atoms with Crippen LogP contribution >= 0.6 is 27.3 Å². The molecule has 1 heterocycles. The molecule has 0 aromatic carbocycles. The summed E-state index contributed by atoms with van der Waals surface area (Å²) in [6.45, 7) is 1.37. The lowest BCUT2D eigenvalue weighted by molar-refractivity contribution is -0.120. The molecule has 0 aliphatic heterocycles. The quantitative estimate of drug-likeness (QED) is 0.816.